The smallest absolute Gasteiger partial charge is 0.246 e. The Labute approximate surface area is 129 Å². The first-order valence-electron chi connectivity index (χ1n) is 7.14. The summed E-state index contributed by atoms with van der Waals surface area (Å²) in [5, 5.41) is 10.0. The molecular formula is C16H21FN4O. The Morgan fingerprint density at radius 1 is 1.32 bits per heavy atom. The third-order valence-electron chi connectivity index (χ3n) is 3.14. The van der Waals surface area contributed by atoms with E-state index >= 15 is 0 Å². The molecule has 1 heterocycles. The monoisotopic (exact) mass is 304 g/mol. The van der Waals surface area contributed by atoms with E-state index < -0.39 is 6.04 Å². The average Bonchev–Trinajstić information content (AvgIpc) is 2.87. The maximum atomic E-state index is 13.1. The molecular weight excluding hydrogens is 283 g/mol. The highest BCUT2D eigenvalue weighted by molar-refractivity contribution is 5.96. The van der Waals surface area contributed by atoms with Crippen LogP contribution < -0.4 is 10.6 Å². The van der Waals surface area contributed by atoms with Gasteiger partial charge in [0.25, 0.3) is 0 Å². The SMILES string of the molecule is C[C@H](Nc1cnn(C(C)(C)C)c1)C(=O)Nc1cccc(F)c1. The number of carbonyl (C=O) groups excluding carboxylic acids is 1. The normalized spacial score (nSPS) is 12.8. The largest absolute Gasteiger partial charge is 0.371 e. The van der Waals surface area contributed by atoms with Crippen molar-refractivity contribution in [3.05, 3.63) is 42.5 Å². The van der Waals surface area contributed by atoms with Crippen molar-refractivity contribution in [3.63, 3.8) is 0 Å². The van der Waals surface area contributed by atoms with Crippen molar-refractivity contribution >= 4 is 17.3 Å². The lowest BCUT2D eigenvalue weighted by Gasteiger charge is -2.19. The number of carbonyl (C=O) groups is 1. The summed E-state index contributed by atoms with van der Waals surface area (Å²) in [4.78, 5) is 12.1. The number of amides is 1. The Kier molecular flexibility index (Phi) is 4.49. The maximum absolute atomic E-state index is 13.1. The summed E-state index contributed by atoms with van der Waals surface area (Å²) in [6.07, 6.45) is 3.53. The lowest BCUT2D eigenvalue weighted by molar-refractivity contribution is -0.116. The van der Waals surface area contributed by atoms with Crippen LogP contribution in [0.25, 0.3) is 0 Å². The standard InChI is InChI=1S/C16H21FN4O/c1-11(15(22)20-13-7-5-6-12(17)8-13)19-14-9-18-21(10-14)16(2,3)4/h5-11,19H,1-4H3,(H,20,22)/t11-/m0/s1. The van der Waals surface area contributed by atoms with Crippen LogP contribution in [0.4, 0.5) is 15.8 Å². The summed E-state index contributed by atoms with van der Waals surface area (Å²) in [5.74, 6) is -0.626. The van der Waals surface area contributed by atoms with Gasteiger partial charge >= 0.3 is 0 Å². The molecule has 0 saturated carbocycles. The van der Waals surface area contributed by atoms with E-state index in [4.69, 9.17) is 0 Å². The van der Waals surface area contributed by atoms with E-state index in [0.717, 1.165) is 5.69 Å². The lowest BCUT2D eigenvalue weighted by atomic mass is 10.1. The number of nitrogens with one attached hydrogen (secondary N) is 2. The van der Waals surface area contributed by atoms with Gasteiger partial charge in [-0.15, -0.1) is 0 Å². The summed E-state index contributed by atoms with van der Waals surface area (Å²) >= 11 is 0. The molecule has 1 atom stereocenters. The van der Waals surface area contributed by atoms with E-state index in [-0.39, 0.29) is 17.3 Å². The third-order valence-corrected chi connectivity index (χ3v) is 3.14. The zero-order chi connectivity index (χ0) is 16.3. The van der Waals surface area contributed by atoms with Gasteiger partial charge in [-0.3, -0.25) is 9.48 Å². The van der Waals surface area contributed by atoms with Crippen molar-refractivity contribution in [1.29, 1.82) is 0 Å². The minimum atomic E-state index is -0.471. The van der Waals surface area contributed by atoms with Gasteiger partial charge in [0, 0.05) is 11.9 Å². The van der Waals surface area contributed by atoms with E-state index in [1.807, 2.05) is 31.6 Å². The molecule has 2 N–H and O–H groups in total. The van der Waals surface area contributed by atoms with Crippen LogP contribution in [-0.2, 0) is 10.3 Å². The minimum absolute atomic E-state index is 0.118. The number of rotatable bonds is 4. The zero-order valence-corrected chi connectivity index (χ0v) is 13.2. The van der Waals surface area contributed by atoms with Crippen LogP contribution in [-0.4, -0.2) is 21.7 Å². The van der Waals surface area contributed by atoms with Crippen LogP contribution in [0.15, 0.2) is 36.7 Å². The first kappa shape index (κ1) is 16.0. The molecule has 0 bridgehead atoms. The van der Waals surface area contributed by atoms with Crippen LogP contribution in [0.1, 0.15) is 27.7 Å². The summed E-state index contributed by atoms with van der Waals surface area (Å²) in [6, 6.07) is 5.34. The Hall–Kier alpha value is -2.37. The number of halogens is 1. The zero-order valence-electron chi connectivity index (χ0n) is 13.2. The molecule has 118 valence electrons. The van der Waals surface area contributed by atoms with Gasteiger partial charge < -0.3 is 10.6 Å². The first-order valence-corrected chi connectivity index (χ1v) is 7.14. The summed E-state index contributed by atoms with van der Waals surface area (Å²) in [7, 11) is 0. The molecule has 0 spiro atoms. The van der Waals surface area contributed by atoms with E-state index in [2.05, 4.69) is 15.7 Å². The van der Waals surface area contributed by atoms with E-state index in [0.29, 0.717) is 5.69 Å². The average molecular weight is 304 g/mol. The summed E-state index contributed by atoms with van der Waals surface area (Å²) in [5.41, 5.74) is 1.08. The van der Waals surface area contributed by atoms with Gasteiger partial charge in [-0.05, 0) is 45.9 Å². The fourth-order valence-corrected chi connectivity index (χ4v) is 1.90. The number of nitrogens with zero attached hydrogens (tertiary/aromatic N) is 2. The second-order valence-corrected chi connectivity index (χ2v) is 6.21. The van der Waals surface area contributed by atoms with Crippen LogP contribution in [0.2, 0.25) is 0 Å². The lowest BCUT2D eigenvalue weighted by Crippen LogP contribution is -2.31. The van der Waals surface area contributed by atoms with Gasteiger partial charge in [-0.25, -0.2) is 4.39 Å². The molecule has 0 saturated heterocycles. The topological polar surface area (TPSA) is 59.0 Å². The Morgan fingerprint density at radius 3 is 2.64 bits per heavy atom. The second-order valence-electron chi connectivity index (χ2n) is 6.21. The fraction of sp³-hybridized carbons (Fsp3) is 0.375. The van der Waals surface area contributed by atoms with Gasteiger partial charge in [-0.1, -0.05) is 6.07 Å². The summed E-state index contributed by atoms with van der Waals surface area (Å²) < 4.78 is 14.9. The minimum Gasteiger partial charge on any atom is -0.371 e. The van der Waals surface area contributed by atoms with Gasteiger partial charge in [0.1, 0.15) is 11.9 Å². The van der Waals surface area contributed by atoms with Crippen LogP contribution >= 0.6 is 0 Å². The highest BCUT2D eigenvalue weighted by Gasteiger charge is 2.17. The molecule has 0 aliphatic rings. The van der Waals surface area contributed by atoms with Crippen molar-refractivity contribution in [3.8, 4) is 0 Å². The predicted molar refractivity (Wildman–Crippen MR) is 85.3 cm³/mol. The second kappa shape index (κ2) is 6.17. The van der Waals surface area contributed by atoms with E-state index in [1.54, 1.807) is 25.3 Å². The quantitative estimate of drug-likeness (QED) is 0.912. The Bertz CT molecular complexity index is 660. The number of hydrogen-bond acceptors (Lipinski definition) is 3. The van der Waals surface area contributed by atoms with Crippen molar-refractivity contribution in [2.24, 2.45) is 0 Å². The molecule has 0 fully saturated rings. The summed E-state index contributed by atoms with van der Waals surface area (Å²) in [6.45, 7) is 7.88. The molecule has 0 unspecified atom stereocenters. The molecule has 0 radical (unpaired) electrons. The van der Waals surface area contributed by atoms with Crippen LogP contribution in [0, 0.1) is 5.82 Å². The molecule has 5 nitrogen and oxygen atoms in total. The van der Waals surface area contributed by atoms with Crippen LogP contribution in [0.5, 0.6) is 0 Å². The van der Waals surface area contributed by atoms with E-state index in [9.17, 15) is 9.18 Å². The van der Waals surface area contributed by atoms with Crippen molar-refractivity contribution in [2.75, 3.05) is 10.6 Å². The van der Waals surface area contributed by atoms with Crippen LogP contribution in [0.3, 0.4) is 0 Å². The highest BCUT2D eigenvalue weighted by Crippen LogP contribution is 2.17. The Balaban J connectivity index is 1.98. The molecule has 0 aliphatic carbocycles. The molecule has 2 rings (SSSR count). The number of benzene rings is 1. The molecule has 1 aromatic carbocycles. The third kappa shape index (κ3) is 4.07. The van der Waals surface area contributed by atoms with Gasteiger partial charge in [0.05, 0.1) is 17.4 Å². The Morgan fingerprint density at radius 2 is 2.05 bits per heavy atom. The van der Waals surface area contributed by atoms with Gasteiger partial charge in [0.15, 0.2) is 0 Å². The number of aromatic nitrogens is 2. The van der Waals surface area contributed by atoms with Crippen molar-refractivity contribution in [2.45, 2.75) is 39.3 Å². The molecule has 1 aromatic heterocycles. The molecule has 1 amide bonds. The highest BCUT2D eigenvalue weighted by atomic mass is 19.1. The fourth-order valence-electron chi connectivity index (χ4n) is 1.90. The van der Waals surface area contributed by atoms with Crippen molar-refractivity contribution in [1.82, 2.24) is 9.78 Å². The molecule has 0 aliphatic heterocycles. The van der Waals surface area contributed by atoms with Crippen molar-refractivity contribution < 1.29 is 9.18 Å². The number of anilines is 2. The van der Waals surface area contributed by atoms with Gasteiger partial charge in [-0.2, -0.15) is 5.10 Å². The number of hydrogen-bond donors (Lipinski definition) is 2. The first-order chi connectivity index (χ1) is 10.3. The van der Waals surface area contributed by atoms with Gasteiger partial charge in [0.2, 0.25) is 5.91 Å². The van der Waals surface area contributed by atoms with E-state index in [1.165, 1.54) is 12.1 Å². The molecule has 22 heavy (non-hydrogen) atoms. The predicted octanol–water partition coefficient (Wildman–Crippen LogP) is 3.22. The molecule has 6 heteroatoms. The molecule has 2 aromatic rings. The maximum Gasteiger partial charge on any atom is 0.246 e.